The zero-order valence-corrected chi connectivity index (χ0v) is 9.63. The first-order valence-electron chi connectivity index (χ1n) is 4.97. The van der Waals surface area contributed by atoms with Gasteiger partial charge in [-0.1, -0.05) is 24.3 Å². The first kappa shape index (κ1) is 12.2. The van der Waals surface area contributed by atoms with Crippen LogP contribution in [0.5, 0.6) is 0 Å². The third-order valence-corrected chi connectivity index (χ3v) is 3.78. The van der Waals surface area contributed by atoms with Crippen LogP contribution in [0.2, 0.25) is 0 Å². The maximum Gasteiger partial charge on any atom is 0.211 e. The molecule has 0 aliphatic heterocycles. The first-order chi connectivity index (χ1) is 7.00. The summed E-state index contributed by atoms with van der Waals surface area (Å²) in [5.41, 5.74) is 1.20. The van der Waals surface area contributed by atoms with Crippen molar-refractivity contribution < 1.29 is 8.42 Å². The van der Waals surface area contributed by atoms with Gasteiger partial charge in [-0.3, -0.25) is 0 Å². The average Bonchev–Trinajstić information content (AvgIpc) is 2.18. The lowest BCUT2D eigenvalue weighted by Gasteiger charge is -2.08. The van der Waals surface area contributed by atoms with E-state index < -0.39 is 15.3 Å². The molecule has 3 nitrogen and oxygen atoms in total. The molecule has 0 aliphatic rings. The predicted octanol–water partition coefficient (Wildman–Crippen LogP) is 1.49. The second-order valence-electron chi connectivity index (χ2n) is 3.70. The maximum absolute atomic E-state index is 10.9. The molecule has 4 heteroatoms. The van der Waals surface area contributed by atoms with Crippen molar-refractivity contribution in [1.29, 1.82) is 0 Å². The van der Waals surface area contributed by atoms with Crippen LogP contribution in [0.1, 0.15) is 25.3 Å². The van der Waals surface area contributed by atoms with Crippen LogP contribution in [0.25, 0.3) is 0 Å². The van der Waals surface area contributed by atoms with E-state index in [1.165, 1.54) is 5.56 Å². The minimum Gasteiger partial charge on any atom is -0.228 e. The molecule has 1 radical (unpaired) electrons. The molecule has 1 atom stereocenters. The highest BCUT2D eigenvalue weighted by Gasteiger charge is 2.14. The topological polar surface area (TPSA) is 60.2 Å². The minimum atomic E-state index is -3.36. The average molecular weight is 226 g/mol. The van der Waals surface area contributed by atoms with E-state index in [0.29, 0.717) is 6.42 Å². The Kier molecular flexibility index (Phi) is 4.29. The van der Waals surface area contributed by atoms with Crippen molar-refractivity contribution in [3.05, 3.63) is 35.9 Å². The summed E-state index contributed by atoms with van der Waals surface area (Å²) in [6.07, 6.45) is 2.33. The third kappa shape index (κ3) is 4.44. The SMILES string of the molecule is CC(CCCc1cc[c]cc1)S(N)(=O)=O. The molecule has 0 fully saturated rings. The molecule has 83 valence electrons. The monoisotopic (exact) mass is 226 g/mol. The fourth-order valence-electron chi connectivity index (χ4n) is 1.35. The predicted molar refractivity (Wildman–Crippen MR) is 60.8 cm³/mol. The Morgan fingerprint density at radius 3 is 2.53 bits per heavy atom. The summed E-state index contributed by atoms with van der Waals surface area (Å²) < 4.78 is 21.9. The Bertz CT molecular complexity index is 386. The smallest absolute Gasteiger partial charge is 0.211 e. The second-order valence-corrected chi connectivity index (χ2v) is 5.68. The van der Waals surface area contributed by atoms with E-state index in [2.05, 4.69) is 6.07 Å². The van der Waals surface area contributed by atoms with Crippen molar-refractivity contribution in [2.24, 2.45) is 5.14 Å². The number of aryl methyl sites for hydroxylation is 1. The van der Waals surface area contributed by atoms with Gasteiger partial charge in [0, 0.05) is 0 Å². The molecule has 15 heavy (non-hydrogen) atoms. The number of sulfonamides is 1. The fraction of sp³-hybridized carbons (Fsp3) is 0.455. The van der Waals surface area contributed by atoms with Gasteiger partial charge in [0.05, 0.1) is 5.25 Å². The zero-order valence-electron chi connectivity index (χ0n) is 8.81. The van der Waals surface area contributed by atoms with E-state index in [-0.39, 0.29) is 0 Å². The van der Waals surface area contributed by atoms with Crippen LogP contribution in [0.15, 0.2) is 24.3 Å². The van der Waals surface area contributed by atoms with E-state index in [4.69, 9.17) is 5.14 Å². The molecule has 2 N–H and O–H groups in total. The third-order valence-electron chi connectivity index (χ3n) is 2.42. The van der Waals surface area contributed by atoms with E-state index in [1.54, 1.807) is 6.92 Å². The summed E-state index contributed by atoms with van der Waals surface area (Å²) in [6.45, 7) is 1.65. The van der Waals surface area contributed by atoms with Gasteiger partial charge in [0.25, 0.3) is 0 Å². The standard InChI is InChI=1S/C11H16NO2S/c1-10(15(12,13)14)6-5-9-11-7-3-2-4-8-11/h3-4,7-8,10H,5-6,9H2,1H3,(H2,12,13,14). The van der Waals surface area contributed by atoms with Gasteiger partial charge in [-0.25, -0.2) is 13.6 Å². The summed E-state index contributed by atoms with van der Waals surface area (Å²) in [6, 6.07) is 10.6. The van der Waals surface area contributed by atoms with Crippen LogP contribution in [0.4, 0.5) is 0 Å². The molecule has 0 saturated heterocycles. The second kappa shape index (κ2) is 5.28. The van der Waals surface area contributed by atoms with Crippen molar-refractivity contribution >= 4 is 10.0 Å². The summed E-state index contributed by atoms with van der Waals surface area (Å²) >= 11 is 0. The van der Waals surface area contributed by atoms with Crippen molar-refractivity contribution in [3.63, 3.8) is 0 Å². The van der Waals surface area contributed by atoms with Crippen LogP contribution in [0.3, 0.4) is 0 Å². The van der Waals surface area contributed by atoms with E-state index >= 15 is 0 Å². The van der Waals surface area contributed by atoms with E-state index in [0.717, 1.165) is 12.8 Å². The fourth-order valence-corrected chi connectivity index (χ4v) is 1.84. The van der Waals surface area contributed by atoms with Gasteiger partial charge in [0.2, 0.25) is 10.0 Å². The largest absolute Gasteiger partial charge is 0.228 e. The van der Waals surface area contributed by atoms with Crippen LogP contribution < -0.4 is 5.14 Å². The Morgan fingerprint density at radius 1 is 1.40 bits per heavy atom. The van der Waals surface area contributed by atoms with E-state index in [1.807, 2.05) is 24.3 Å². The van der Waals surface area contributed by atoms with Crippen molar-refractivity contribution in [3.8, 4) is 0 Å². The number of primary sulfonamides is 1. The number of rotatable bonds is 5. The summed E-state index contributed by atoms with van der Waals surface area (Å²) in [4.78, 5) is 0. The molecule has 0 bridgehead atoms. The Hall–Kier alpha value is -0.870. The van der Waals surface area contributed by atoms with Gasteiger partial charge >= 0.3 is 0 Å². The lowest BCUT2D eigenvalue weighted by molar-refractivity contribution is 0.574. The molecule has 0 spiro atoms. The molecule has 0 saturated carbocycles. The molecule has 0 aromatic heterocycles. The van der Waals surface area contributed by atoms with Crippen LogP contribution >= 0.6 is 0 Å². The van der Waals surface area contributed by atoms with Gasteiger partial charge in [0.1, 0.15) is 0 Å². The lowest BCUT2D eigenvalue weighted by atomic mass is 10.1. The van der Waals surface area contributed by atoms with Gasteiger partial charge in [-0.2, -0.15) is 0 Å². The van der Waals surface area contributed by atoms with E-state index in [9.17, 15) is 8.42 Å². The van der Waals surface area contributed by atoms with Gasteiger partial charge in [0.15, 0.2) is 0 Å². The van der Waals surface area contributed by atoms with Gasteiger partial charge in [-0.05, 0) is 37.8 Å². The lowest BCUT2D eigenvalue weighted by Crippen LogP contribution is -2.25. The Balaban J connectivity index is 2.35. The molecule has 1 aromatic rings. The van der Waals surface area contributed by atoms with Crippen LogP contribution in [-0.2, 0) is 16.4 Å². The number of benzene rings is 1. The highest BCUT2D eigenvalue weighted by Crippen LogP contribution is 2.09. The Labute approximate surface area is 91.4 Å². The maximum atomic E-state index is 10.9. The molecule has 0 amide bonds. The summed E-state index contributed by atoms with van der Waals surface area (Å²) in [5, 5.41) is 4.57. The normalized spacial score (nSPS) is 13.7. The zero-order chi connectivity index (χ0) is 11.3. The highest BCUT2D eigenvalue weighted by molar-refractivity contribution is 7.89. The summed E-state index contributed by atoms with van der Waals surface area (Å²) in [5.74, 6) is 0. The Morgan fingerprint density at radius 2 is 2.00 bits per heavy atom. The molecular formula is C11H16NO2S. The minimum absolute atomic E-state index is 0.451. The van der Waals surface area contributed by atoms with Gasteiger partial charge < -0.3 is 0 Å². The van der Waals surface area contributed by atoms with Crippen LogP contribution in [-0.4, -0.2) is 13.7 Å². The molecule has 1 unspecified atom stereocenters. The number of hydrogen-bond acceptors (Lipinski definition) is 2. The summed E-state index contributed by atoms with van der Waals surface area (Å²) in [7, 11) is -3.36. The number of nitrogens with two attached hydrogens (primary N) is 1. The first-order valence-corrected chi connectivity index (χ1v) is 6.57. The molecule has 0 aliphatic carbocycles. The van der Waals surface area contributed by atoms with Crippen molar-refractivity contribution in [2.45, 2.75) is 31.4 Å². The van der Waals surface area contributed by atoms with Crippen molar-refractivity contribution in [2.75, 3.05) is 0 Å². The molecular weight excluding hydrogens is 210 g/mol. The van der Waals surface area contributed by atoms with Crippen LogP contribution in [0, 0.1) is 6.07 Å². The molecule has 1 rings (SSSR count). The van der Waals surface area contributed by atoms with Gasteiger partial charge in [-0.15, -0.1) is 0 Å². The number of hydrogen-bond donors (Lipinski definition) is 1. The quantitative estimate of drug-likeness (QED) is 0.826. The highest BCUT2D eigenvalue weighted by atomic mass is 32.2. The van der Waals surface area contributed by atoms with Crippen molar-refractivity contribution in [1.82, 2.24) is 0 Å². The molecule has 1 aromatic carbocycles. The molecule has 0 heterocycles.